The van der Waals surface area contributed by atoms with E-state index >= 15 is 0 Å². The van der Waals surface area contributed by atoms with Crippen LogP contribution in [0.5, 0.6) is 0 Å². The number of hydrogen-bond donors (Lipinski definition) is 1. The Morgan fingerprint density at radius 2 is 2.07 bits per heavy atom. The number of likely N-dealkylation sites (N-methyl/N-ethyl adjacent to an activating group) is 1. The highest BCUT2D eigenvalue weighted by Crippen LogP contribution is 2.28. The van der Waals surface area contributed by atoms with E-state index in [1.807, 2.05) is 0 Å². The lowest BCUT2D eigenvalue weighted by atomic mass is 10.1. The smallest absolute Gasteiger partial charge is 0.0870 e. The van der Waals surface area contributed by atoms with E-state index in [1.165, 1.54) is 19.3 Å². The van der Waals surface area contributed by atoms with E-state index in [9.17, 15) is 0 Å². The number of fused-ring (bicyclic) bond motifs is 2. The highest BCUT2D eigenvalue weighted by Gasteiger charge is 2.34. The molecule has 2 unspecified atom stereocenters. The minimum atomic E-state index is 0.630. The maximum absolute atomic E-state index is 5.58. The first-order valence-corrected chi connectivity index (χ1v) is 5.80. The summed E-state index contributed by atoms with van der Waals surface area (Å²) in [5, 5.41) is 0. The van der Waals surface area contributed by atoms with Crippen molar-refractivity contribution in [2.45, 2.75) is 31.3 Å². The summed E-state index contributed by atoms with van der Waals surface area (Å²) in [7, 11) is 2.26. The molecule has 2 atom stereocenters. The zero-order chi connectivity index (χ0) is 10.1. The molecule has 2 rings (SSSR count). The second-order valence-corrected chi connectivity index (χ2v) is 5.06. The molecule has 2 bridgehead atoms. The van der Waals surface area contributed by atoms with Crippen LogP contribution in [0.15, 0.2) is 0 Å². The monoisotopic (exact) mass is 213 g/mol. The lowest BCUT2D eigenvalue weighted by molar-refractivity contribution is 0.231. The van der Waals surface area contributed by atoms with Gasteiger partial charge in [-0.15, -0.1) is 0 Å². The van der Waals surface area contributed by atoms with Crippen LogP contribution < -0.4 is 5.73 Å². The van der Waals surface area contributed by atoms with Crippen LogP contribution >= 0.6 is 12.2 Å². The van der Waals surface area contributed by atoms with Gasteiger partial charge in [0.15, 0.2) is 0 Å². The Labute approximate surface area is 91.2 Å². The van der Waals surface area contributed by atoms with Crippen LogP contribution in [0.3, 0.4) is 0 Å². The molecule has 0 aromatic heterocycles. The van der Waals surface area contributed by atoms with Crippen LogP contribution in [0.4, 0.5) is 0 Å². The first-order valence-electron chi connectivity index (χ1n) is 5.39. The third-order valence-electron chi connectivity index (χ3n) is 3.61. The highest BCUT2D eigenvalue weighted by molar-refractivity contribution is 7.80. The van der Waals surface area contributed by atoms with Crippen molar-refractivity contribution in [3.05, 3.63) is 0 Å². The van der Waals surface area contributed by atoms with Gasteiger partial charge in [0.2, 0.25) is 0 Å². The molecule has 0 amide bonds. The van der Waals surface area contributed by atoms with E-state index in [2.05, 4.69) is 16.8 Å². The number of nitrogens with two attached hydrogens (primary N) is 1. The Morgan fingerprint density at radius 3 is 2.79 bits per heavy atom. The predicted molar refractivity (Wildman–Crippen MR) is 62.4 cm³/mol. The van der Waals surface area contributed by atoms with Crippen LogP contribution in [-0.2, 0) is 0 Å². The second kappa shape index (κ2) is 4.13. The van der Waals surface area contributed by atoms with Gasteiger partial charge in [-0.1, -0.05) is 12.2 Å². The minimum absolute atomic E-state index is 0.630. The fourth-order valence-electron chi connectivity index (χ4n) is 2.74. The molecule has 2 N–H and O–H groups in total. The molecule has 2 fully saturated rings. The van der Waals surface area contributed by atoms with Crippen LogP contribution in [0.2, 0.25) is 0 Å². The molecule has 80 valence electrons. The summed E-state index contributed by atoms with van der Waals surface area (Å²) in [5.74, 6) is 0. The summed E-state index contributed by atoms with van der Waals surface area (Å²) in [6, 6.07) is 1.54. The number of hydrogen-bond acceptors (Lipinski definition) is 3. The van der Waals surface area contributed by atoms with Crippen LogP contribution in [-0.4, -0.2) is 53.6 Å². The fourth-order valence-corrected chi connectivity index (χ4v) is 2.93. The van der Waals surface area contributed by atoms with Crippen molar-refractivity contribution in [3.63, 3.8) is 0 Å². The third kappa shape index (κ3) is 2.07. The normalized spacial score (nSPS) is 34.4. The largest absolute Gasteiger partial charge is 0.392 e. The summed E-state index contributed by atoms with van der Waals surface area (Å²) < 4.78 is 0. The summed E-state index contributed by atoms with van der Waals surface area (Å²) in [4.78, 5) is 5.58. The Kier molecular flexibility index (Phi) is 3.04. The number of rotatable bonds is 2. The average Bonchev–Trinajstić information content (AvgIpc) is 2.33. The van der Waals surface area contributed by atoms with Gasteiger partial charge in [0.1, 0.15) is 0 Å². The number of thiocarbonyl (C=S) groups is 1. The van der Waals surface area contributed by atoms with Crippen LogP contribution in [0.25, 0.3) is 0 Å². The predicted octanol–water partition coefficient (Wildman–Crippen LogP) is 0.441. The molecule has 0 saturated carbocycles. The molecule has 0 aliphatic carbocycles. The van der Waals surface area contributed by atoms with Gasteiger partial charge in [0.25, 0.3) is 0 Å². The Hall–Kier alpha value is -0.190. The van der Waals surface area contributed by atoms with Crippen LogP contribution in [0, 0.1) is 0 Å². The van der Waals surface area contributed by atoms with Gasteiger partial charge in [-0.05, 0) is 26.3 Å². The van der Waals surface area contributed by atoms with Crippen molar-refractivity contribution in [2.75, 3.05) is 26.7 Å². The molecular weight excluding hydrogens is 194 g/mol. The van der Waals surface area contributed by atoms with E-state index in [0.29, 0.717) is 4.99 Å². The number of nitrogens with zero attached hydrogens (tertiary/aromatic N) is 2. The van der Waals surface area contributed by atoms with Crippen molar-refractivity contribution in [1.82, 2.24) is 9.80 Å². The molecule has 2 saturated heterocycles. The van der Waals surface area contributed by atoms with Crippen molar-refractivity contribution in [2.24, 2.45) is 5.73 Å². The van der Waals surface area contributed by atoms with Gasteiger partial charge in [0, 0.05) is 31.7 Å². The molecule has 0 spiro atoms. The zero-order valence-corrected chi connectivity index (χ0v) is 9.59. The summed E-state index contributed by atoms with van der Waals surface area (Å²) in [6.45, 7) is 3.10. The molecule has 0 radical (unpaired) electrons. The highest BCUT2D eigenvalue weighted by atomic mass is 32.1. The van der Waals surface area contributed by atoms with E-state index in [4.69, 9.17) is 18.0 Å². The van der Waals surface area contributed by atoms with Crippen molar-refractivity contribution >= 4 is 17.2 Å². The quantitative estimate of drug-likeness (QED) is 0.675. The summed E-state index contributed by atoms with van der Waals surface area (Å²) in [5.41, 5.74) is 5.58. The summed E-state index contributed by atoms with van der Waals surface area (Å²) in [6.07, 6.45) is 3.99. The molecule has 2 aliphatic rings. The minimum Gasteiger partial charge on any atom is -0.392 e. The average molecular weight is 213 g/mol. The van der Waals surface area contributed by atoms with Gasteiger partial charge in [-0.2, -0.15) is 0 Å². The Balaban J connectivity index is 1.96. The number of likely N-dealkylation sites (tertiary alicyclic amines) is 1. The SMILES string of the molecule is CN1C2CCC1CN(CC(N)=S)CC2. The molecule has 2 heterocycles. The van der Waals surface area contributed by atoms with Gasteiger partial charge in [-0.3, -0.25) is 9.80 Å². The van der Waals surface area contributed by atoms with Crippen molar-refractivity contribution in [3.8, 4) is 0 Å². The second-order valence-electron chi connectivity index (χ2n) is 4.54. The molecule has 14 heavy (non-hydrogen) atoms. The fraction of sp³-hybridized carbons (Fsp3) is 0.900. The Bertz CT molecular complexity index is 231. The lowest BCUT2D eigenvalue weighted by Crippen LogP contribution is -2.39. The maximum Gasteiger partial charge on any atom is 0.0870 e. The lowest BCUT2D eigenvalue weighted by Gasteiger charge is -2.25. The van der Waals surface area contributed by atoms with Crippen LogP contribution in [0.1, 0.15) is 19.3 Å². The summed E-state index contributed by atoms with van der Waals surface area (Å²) >= 11 is 4.96. The van der Waals surface area contributed by atoms with E-state index in [-0.39, 0.29) is 0 Å². The molecule has 2 aliphatic heterocycles. The zero-order valence-electron chi connectivity index (χ0n) is 8.78. The first kappa shape index (κ1) is 10.3. The first-order chi connectivity index (χ1) is 6.66. The van der Waals surface area contributed by atoms with E-state index < -0.39 is 0 Å². The molecule has 0 aromatic rings. The topological polar surface area (TPSA) is 32.5 Å². The third-order valence-corrected chi connectivity index (χ3v) is 3.74. The van der Waals surface area contributed by atoms with Gasteiger partial charge in [0.05, 0.1) is 4.99 Å². The van der Waals surface area contributed by atoms with E-state index in [1.54, 1.807) is 0 Å². The van der Waals surface area contributed by atoms with Gasteiger partial charge >= 0.3 is 0 Å². The van der Waals surface area contributed by atoms with Crippen molar-refractivity contribution in [1.29, 1.82) is 0 Å². The molecular formula is C10H19N3S. The maximum atomic E-state index is 5.58. The molecule has 0 aromatic carbocycles. The van der Waals surface area contributed by atoms with Gasteiger partial charge < -0.3 is 5.73 Å². The van der Waals surface area contributed by atoms with Gasteiger partial charge in [-0.25, -0.2) is 0 Å². The van der Waals surface area contributed by atoms with Crippen molar-refractivity contribution < 1.29 is 0 Å². The Morgan fingerprint density at radius 1 is 1.36 bits per heavy atom. The molecule has 4 heteroatoms. The van der Waals surface area contributed by atoms with E-state index in [0.717, 1.165) is 31.7 Å². The molecule has 3 nitrogen and oxygen atoms in total. The standard InChI is InChI=1S/C10H19N3S/c1-12-8-2-3-9(12)6-13(5-4-8)7-10(11)14/h8-9H,2-7H2,1H3,(H2,11,14).